The smallest absolute Gasteiger partial charge is 0.475 e. The van der Waals surface area contributed by atoms with E-state index in [1.165, 1.54) is 0 Å². The maximum Gasteiger partial charge on any atom is 0.490 e. The minimum absolute atomic E-state index is 0.0260. The number of aromatic nitrogens is 1. The number of halogens is 5. The van der Waals surface area contributed by atoms with Crippen molar-refractivity contribution >= 4 is 34.8 Å². The Morgan fingerprint density at radius 3 is 2.21 bits per heavy atom. The summed E-state index contributed by atoms with van der Waals surface area (Å²) in [5.41, 5.74) is -0.918. The van der Waals surface area contributed by atoms with Gasteiger partial charge in [-0.15, -0.1) is 11.3 Å². The van der Waals surface area contributed by atoms with Crippen LogP contribution in [0.2, 0.25) is 0 Å². The van der Waals surface area contributed by atoms with Crippen molar-refractivity contribution in [1.82, 2.24) is 10.3 Å². The monoisotopic (exact) mass is 392 g/mol. The number of carboxylic acids is 1. The number of nitrogens with one attached hydrogen (secondary N) is 1. The Labute approximate surface area is 145 Å². The van der Waals surface area contributed by atoms with E-state index >= 15 is 0 Å². The summed E-state index contributed by atoms with van der Waals surface area (Å²) in [4.78, 5) is 24.2. The van der Waals surface area contributed by atoms with Crippen molar-refractivity contribution in [3.63, 3.8) is 0 Å². The molecule has 0 aliphatic heterocycles. The average molecular weight is 393 g/mol. The van der Waals surface area contributed by atoms with Crippen molar-refractivity contribution < 1.29 is 32.3 Å². The standard InChI is InChI=1S/C11H16ClFN2OS.C2HF3O2/c1-11(2,3)7-6-17-8(15-7)4-5-14-10(16)9(12)13;3-2(4,5)1(6)7/h6,9H,4-5H2,1-3H3,(H,14,16);(H,6,7). The van der Waals surface area contributed by atoms with E-state index in [9.17, 15) is 22.4 Å². The summed E-state index contributed by atoms with van der Waals surface area (Å²) in [5, 5.41) is 12.5. The predicted octanol–water partition coefficient (Wildman–Crippen LogP) is 3.27. The molecule has 1 aromatic heterocycles. The Morgan fingerprint density at radius 1 is 1.38 bits per heavy atom. The van der Waals surface area contributed by atoms with Gasteiger partial charge in [-0.25, -0.2) is 14.2 Å². The number of carbonyl (C=O) groups excluding carboxylic acids is 1. The molecule has 1 rings (SSSR count). The Balaban J connectivity index is 0.000000640. The Hall–Kier alpha value is -1.42. The molecule has 0 aliphatic carbocycles. The van der Waals surface area contributed by atoms with Crippen LogP contribution in [0.15, 0.2) is 5.38 Å². The summed E-state index contributed by atoms with van der Waals surface area (Å²) >= 11 is 6.53. The minimum atomic E-state index is -5.08. The molecule has 1 unspecified atom stereocenters. The van der Waals surface area contributed by atoms with Gasteiger partial charge in [0.05, 0.1) is 10.7 Å². The molecule has 0 aliphatic rings. The lowest BCUT2D eigenvalue weighted by Gasteiger charge is -2.14. The summed E-state index contributed by atoms with van der Waals surface area (Å²) in [5.74, 6) is -3.55. The van der Waals surface area contributed by atoms with Gasteiger partial charge in [-0.1, -0.05) is 32.4 Å². The first kappa shape index (κ1) is 22.6. The fraction of sp³-hybridized carbons (Fsp3) is 0.615. The first-order valence-corrected chi connectivity index (χ1v) is 7.87. The Kier molecular flexibility index (Phi) is 8.62. The Morgan fingerprint density at radius 2 is 1.88 bits per heavy atom. The molecule has 1 aromatic rings. The number of carboxylic acid groups (broad SMARTS) is 1. The van der Waals surface area contributed by atoms with Crippen molar-refractivity contribution in [3.8, 4) is 0 Å². The number of thiazole rings is 1. The van der Waals surface area contributed by atoms with Crippen molar-refractivity contribution in [2.24, 2.45) is 0 Å². The molecule has 0 bridgehead atoms. The van der Waals surface area contributed by atoms with Crippen LogP contribution in [0.25, 0.3) is 0 Å². The van der Waals surface area contributed by atoms with Gasteiger partial charge in [-0.2, -0.15) is 13.2 Å². The molecule has 11 heteroatoms. The molecular weight excluding hydrogens is 376 g/mol. The third-order valence-corrected chi connectivity index (χ3v) is 3.51. The molecule has 2 N–H and O–H groups in total. The first-order chi connectivity index (χ1) is 10.7. The molecule has 0 radical (unpaired) electrons. The summed E-state index contributed by atoms with van der Waals surface area (Å²) in [6, 6.07) is 0. The van der Waals surface area contributed by atoms with Crippen LogP contribution >= 0.6 is 22.9 Å². The maximum absolute atomic E-state index is 12.3. The SMILES string of the molecule is CC(C)(C)c1csc(CCNC(=O)C(F)Cl)n1.O=C(O)C(F)(F)F. The van der Waals surface area contributed by atoms with E-state index in [0.29, 0.717) is 13.0 Å². The topological polar surface area (TPSA) is 79.3 Å². The van der Waals surface area contributed by atoms with E-state index in [2.05, 4.69) is 31.1 Å². The second-order valence-electron chi connectivity index (χ2n) is 5.52. The molecule has 1 heterocycles. The maximum atomic E-state index is 12.3. The third-order valence-electron chi connectivity index (χ3n) is 2.40. The summed E-state index contributed by atoms with van der Waals surface area (Å²) in [7, 11) is 0. The van der Waals surface area contributed by atoms with Gasteiger partial charge in [0.1, 0.15) is 0 Å². The molecular formula is C13H17ClF4N2O3S. The van der Waals surface area contributed by atoms with Crippen LogP contribution in [0.1, 0.15) is 31.5 Å². The number of nitrogens with zero attached hydrogens (tertiary/aromatic N) is 1. The lowest BCUT2D eigenvalue weighted by molar-refractivity contribution is -0.192. The lowest BCUT2D eigenvalue weighted by Crippen LogP contribution is -2.30. The molecule has 0 spiro atoms. The zero-order chi connectivity index (χ0) is 19.1. The van der Waals surface area contributed by atoms with Crippen molar-refractivity contribution in [1.29, 1.82) is 0 Å². The molecule has 5 nitrogen and oxygen atoms in total. The van der Waals surface area contributed by atoms with Crippen molar-refractivity contribution in [3.05, 3.63) is 16.1 Å². The molecule has 0 saturated heterocycles. The minimum Gasteiger partial charge on any atom is -0.475 e. The highest BCUT2D eigenvalue weighted by Crippen LogP contribution is 2.23. The first-order valence-electron chi connectivity index (χ1n) is 6.56. The summed E-state index contributed by atoms with van der Waals surface area (Å²) in [6.45, 7) is 6.63. The zero-order valence-corrected chi connectivity index (χ0v) is 14.7. The second-order valence-corrected chi connectivity index (χ2v) is 6.85. The third kappa shape index (κ3) is 9.02. The van der Waals surface area contributed by atoms with Crippen LogP contribution in [0.5, 0.6) is 0 Å². The van der Waals surface area contributed by atoms with Crippen molar-refractivity contribution in [2.75, 3.05) is 6.54 Å². The van der Waals surface area contributed by atoms with E-state index in [1.807, 2.05) is 5.38 Å². The number of aliphatic carboxylic acids is 1. The van der Waals surface area contributed by atoms with E-state index in [-0.39, 0.29) is 5.41 Å². The van der Waals surface area contributed by atoms with Crippen LogP contribution in [-0.4, -0.2) is 40.3 Å². The van der Waals surface area contributed by atoms with E-state index in [4.69, 9.17) is 21.5 Å². The highest BCUT2D eigenvalue weighted by Gasteiger charge is 2.38. The van der Waals surface area contributed by atoms with Crippen LogP contribution in [0.3, 0.4) is 0 Å². The van der Waals surface area contributed by atoms with Gasteiger partial charge in [-0.05, 0) is 0 Å². The Bertz CT molecular complexity index is 556. The molecule has 24 heavy (non-hydrogen) atoms. The molecule has 0 saturated carbocycles. The van der Waals surface area contributed by atoms with Crippen LogP contribution in [0, 0.1) is 0 Å². The zero-order valence-electron chi connectivity index (χ0n) is 13.1. The molecule has 1 amide bonds. The fourth-order valence-electron chi connectivity index (χ4n) is 1.14. The number of amides is 1. The molecule has 0 fully saturated rings. The molecule has 1 atom stereocenters. The number of rotatable bonds is 4. The van der Waals surface area contributed by atoms with Gasteiger partial charge in [0.25, 0.3) is 11.5 Å². The summed E-state index contributed by atoms with van der Waals surface area (Å²) < 4.78 is 44.1. The number of hydrogen-bond acceptors (Lipinski definition) is 4. The van der Waals surface area contributed by atoms with Gasteiger partial charge >= 0.3 is 12.1 Å². The van der Waals surface area contributed by atoms with E-state index in [1.54, 1.807) is 11.3 Å². The van der Waals surface area contributed by atoms with Gasteiger partial charge in [0.15, 0.2) is 0 Å². The summed E-state index contributed by atoms with van der Waals surface area (Å²) in [6.07, 6.45) is -4.49. The van der Waals surface area contributed by atoms with E-state index in [0.717, 1.165) is 10.7 Å². The quantitative estimate of drug-likeness (QED) is 0.609. The number of hydrogen-bond donors (Lipinski definition) is 2. The average Bonchev–Trinajstić information content (AvgIpc) is 2.86. The molecule has 0 aromatic carbocycles. The lowest BCUT2D eigenvalue weighted by atomic mass is 9.93. The highest BCUT2D eigenvalue weighted by molar-refractivity contribution is 7.09. The number of alkyl halides is 5. The van der Waals surface area contributed by atoms with Gasteiger partial charge < -0.3 is 10.4 Å². The predicted molar refractivity (Wildman–Crippen MR) is 82.0 cm³/mol. The number of carbonyl (C=O) groups is 2. The van der Waals surface area contributed by atoms with Gasteiger partial charge in [0, 0.05) is 23.8 Å². The largest absolute Gasteiger partial charge is 0.490 e. The fourth-order valence-corrected chi connectivity index (χ4v) is 2.24. The van der Waals surface area contributed by atoms with Crippen molar-refractivity contribution in [2.45, 2.75) is 44.4 Å². The second kappa shape index (κ2) is 9.16. The van der Waals surface area contributed by atoms with Crippen LogP contribution in [0.4, 0.5) is 17.6 Å². The molecule has 138 valence electrons. The van der Waals surface area contributed by atoms with Gasteiger partial charge in [0.2, 0.25) is 0 Å². The van der Waals surface area contributed by atoms with E-state index < -0.39 is 23.7 Å². The van der Waals surface area contributed by atoms with Gasteiger partial charge in [-0.3, -0.25) is 4.79 Å². The normalized spacial score (nSPS) is 12.8. The highest BCUT2D eigenvalue weighted by atomic mass is 35.5. The van der Waals surface area contributed by atoms with Crippen LogP contribution < -0.4 is 5.32 Å². The van der Waals surface area contributed by atoms with Crippen LogP contribution in [-0.2, 0) is 21.4 Å².